The van der Waals surface area contributed by atoms with Crippen molar-refractivity contribution in [3.63, 3.8) is 0 Å². The van der Waals surface area contributed by atoms with E-state index in [1.165, 1.54) is 92.0 Å². The topological polar surface area (TPSA) is 20.2 Å². The van der Waals surface area contributed by atoms with E-state index in [-0.39, 0.29) is 5.41 Å². The average Bonchev–Trinajstić information content (AvgIpc) is 3.11. The molecule has 0 radical (unpaired) electrons. The molecule has 0 bridgehead atoms. The Morgan fingerprint density at radius 3 is 2.00 bits per heavy atom. The summed E-state index contributed by atoms with van der Waals surface area (Å²) in [6.45, 7) is 6.68. The SMILES string of the molecule is CCCCCCC1(CCCCCC)c2ccccc2-c2ccc(-c3cc(C)ccc3O)cc21. The zero-order valence-electron chi connectivity index (χ0n) is 20.8. The largest absolute Gasteiger partial charge is 0.507 e. The molecular formula is C32H40O. The van der Waals surface area contributed by atoms with Crippen molar-refractivity contribution in [2.75, 3.05) is 0 Å². The summed E-state index contributed by atoms with van der Waals surface area (Å²) < 4.78 is 0. The summed E-state index contributed by atoms with van der Waals surface area (Å²) in [5.74, 6) is 0.368. The summed E-state index contributed by atoms with van der Waals surface area (Å²) in [6, 6.07) is 22.0. The minimum absolute atomic E-state index is 0.0862. The van der Waals surface area contributed by atoms with Gasteiger partial charge in [-0.1, -0.05) is 113 Å². The second-order valence-corrected chi connectivity index (χ2v) is 10.0. The second kappa shape index (κ2) is 10.6. The lowest BCUT2D eigenvalue weighted by Gasteiger charge is -2.33. The zero-order valence-corrected chi connectivity index (χ0v) is 20.8. The van der Waals surface area contributed by atoms with Gasteiger partial charge in [0.05, 0.1) is 0 Å². The molecule has 1 N–H and O–H groups in total. The van der Waals surface area contributed by atoms with Crippen LogP contribution in [0.1, 0.15) is 94.7 Å². The van der Waals surface area contributed by atoms with Crippen LogP contribution < -0.4 is 0 Å². The number of benzene rings is 3. The van der Waals surface area contributed by atoms with Gasteiger partial charge in [0.25, 0.3) is 0 Å². The Hall–Kier alpha value is -2.54. The number of hydrogen-bond donors (Lipinski definition) is 1. The molecule has 3 aromatic rings. The quantitative estimate of drug-likeness (QED) is 0.294. The molecule has 0 atom stereocenters. The molecule has 33 heavy (non-hydrogen) atoms. The van der Waals surface area contributed by atoms with Gasteiger partial charge in [0.1, 0.15) is 5.75 Å². The summed E-state index contributed by atoms with van der Waals surface area (Å²) in [7, 11) is 0. The van der Waals surface area contributed by atoms with Crippen molar-refractivity contribution >= 4 is 0 Å². The molecule has 0 amide bonds. The maximum atomic E-state index is 10.6. The molecule has 1 heteroatoms. The van der Waals surface area contributed by atoms with Crippen molar-refractivity contribution in [1.29, 1.82) is 0 Å². The standard InChI is InChI=1S/C32H40O/c1-4-6-8-12-20-32(21-13-9-7-5-2)29-15-11-10-14-26(29)27-18-17-25(23-30(27)32)28-22-24(3)16-19-31(28)33/h10-11,14-19,22-23,33H,4-9,12-13,20-21H2,1-3H3. The van der Waals surface area contributed by atoms with E-state index in [0.717, 1.165) is 11.1 Å². The predicted molar refractivity (Wildman–Crippen MR) is 142 cm³/mol. The molecule has 4 rings (SSSR count). The lowest BCUT2D eigenvalue weighted by atomic mass is 9.70. The number of phenolic OH excluding ortho intramolecular Hbond substituents is 1. The van der Waals surface area contributed by atoms with Gasteiger partial charge in [0.15, 0.2) is 0 Å². The summed E-state index contributed by atoms with van der Waals surface area (Å²) in [5, 5.41) is 10.6. The molecule has 0 heterocycles. The van der Waals surface area contributed by atoms with Gasteiger partial charge in [-0.05, 0) is 65.8 Å². The summed E-state index contributed by atoms with van der Waals surface area (Å²) in [6.07, 6.45) is 12.8. The molecule has 0 saturated carbocycles. The number of aryl methyl sites for hydroxylation is 1. The van der Waals surface area contributed by atoms with E-state index in [1.54, 1.807) is 0 Å². The van der Waals surface area contributed by atoms with Crippen LogP contribution in [0.2, 0.25) is 0 Å². The van der Waals surface area contributed by atoms with Gasteiger partial charge in [0.2, 0.25) is 0 Å². The molecule has 174 valence electrons. The molecule has 0 unspecified atom stereocenters. The average molecular weight is 441 g/mol. The third-order valence-electron chi connectivity index (χ3n) is 7.65. The Bertz CT molecular complexity index is 1070. The van der Waals surface area contributed by atoms with Gasteiger partial charge in [-0.2, -0.15) is 0 Å². The van der Waals surface area contributed by atoms with Crippen molar-refractivity contribution in [1.82, 2.24) is 0 Å². The number of fused-ring (bicyclic) bond motifs is 3. The van der Waals surface area contributed by atoms with E-state index in [4.69, 9.17) is 0 Å². The van der Waals surface area contributed by atoms with E-state index in [0.29, 0.717) is 5.75 Å². The number of rotatable bonds is 11. The molecule has 0 fully saturated rings. The predicted octanol–water partition coefficient (Wildman–Crippen LogP) is 9.57. The van der Waals surface area contributed by atoms with Crippen LogP contribution in [-0.4, -0.2) is 5.11 Å². The normalized spacial score (nSPS) is 13.7. The van der Waals surface area contributed by atoms with E-state index < -0.39 is 0 Å². The molecule has 1 nitrogen and oxygen atoms in total. The fourth-order valence-corrected chi connectivity index (χ4v) is 5.87. The van der Waals surface area contributed by atoms with Crippen molar-refractivity contribution in [3.05, 3.63) is 77.4 Å². The second-order valence-electron chi connectivity index (χ2n) is 10.0. The first-order valence-electron chi connectivity index (χ1n) is 13.1. The number of hydrogen-bond acceptors (Lipinski definition) is 1. The van der Waals surface area contributed by atoms with Crippen LogP contribution in [0, 0.1) is 6.92 Å². The van der Waals surface area contributed by atoms with Gasteiger partial charge in [-0.3, -0.25) is 0 Å². The molecule has 0 aromatic heterocycles. The van der Waals surface area contributed by atoms with Crippen LogP contribution in [-0.2, 0) is 5.41 Å². The van der Waals surface area contributed by atoms with Gasteiger partial charge in [-0.15, -0.1) is 0 Å². The third kappa shape index (κ3) is 4.74. The molecular weight excluding hydrogens is 400 g/mol. The summed E-state index contributed by atoms with van der Waals surface area (Å²) >= 11 is 0. The van der Waals surface area contributed by atoms with Crippen molar-refractivity contribution in [3.8, 4) is 28.0 Å². The first kappa shape index (κ1) is 23.6. The zero-order chi connectivity index (χ0) is 23.3. The van der Waals surface area contributed by atoms with Crippen molar-refractivity contribution < 1.29 is 5.11 Å². The minimum Gasteiger partial charge on any atom is -0.507 e. The molecule has 1 aliphatic carbocycles. The minimum atomic E-state index is 0.0862. The van der Waals surface area contributed by atoms with Crippen LogP contribution in [0.15, 0.2) is 60.7 Å². The highest BCUT2D eigenvalue weighted by molar-refractivity contribution is 5.84. The Labute approximate surface area is 200 Å². The number of unbranched alkanes of at least 4 members (excludes halogenated alkanes) is 6. The Morgan fingerprint density at radius 1 is 0.636 bits per heavy atom. The van der Waals surface area contributed by atoms with Crippen LogP contribution in [0.3, 0.4) is 0 Å². The number of phenols is 1. The fraction of sp³-hybridized carbons (Fsp3) is 0.438. The van der Waals surface area contributed by atoms with Crippen LogP contribution in [0.5, 0.6) is 5.75 Å². The first-order valence-corrected chi connectivity index (χ1v) is 13.1. The Morgan fingerprint density at radius 2 is 1.30 bits per heavy atom. The van der Waals surface area contributed by atoms with Gasteiger partial charge < -0.3 is 5.11 Å². The molecule has 0 spiro atoms. The Kier molecular flexibility index (Phi) is 7.58. The maximum absolute atomic E-state index is 10.6. The van der Waals surface area contributed by atoms with Crippen molar-refractivity contribution in [2.45, 2.75) is 90.4 Å². The highest BCUT2D eigenvalue weighted by Gasteiger charge is 2.42. The number of aromatic hydroxyl groups is 1. The molecule has 1 aliphatic rings. The lowest BCUT2D eigenvalue weighted by molar-refractivity contribution is 0.401. The third-order valence-corrected chi connectivity index (χ3v) is 7.65. The van der Waals surface area contributed by atoms with Crippen LogP contribution in [0.25, 0.3) is 22.3 Å². The van der Waals surface area contributed by atoms with E-state index in [9.17, 15) is 5.11 Å². The fourth-order valence-electron chi connectivity index (χ4n) is 5.87. The smallest absolute Gasteiger partial charge is 0.123 e. The van der Waals surface area contributed by atoms with Gasteiger partial charge in [0, 0.05) is 11.0 Å². The first-order chi connectivity index (χ1) is 16.1. The van der Waals surface area contributed by atoms with E-state index >= 15 is 0 Å². The Balaban J connectivity index is 1.81. The maximum Gasteiger partial charge on any atom is 0.123 e. The summed E-state index contributed by atoms with van der Waals surface area (Å²) in [5.41, 5.74) is 9.16. The van der Waals surface area contributed by atoms with Crippen LogP contribution >= 0.6 is 0 Å². The monoisotopic (exact) mass is 440 g/mol. The lowest BCUT2D eigenvalue weighted by Crippen LogP contribution is -2.25. The van der Waals surface area contributed by atoms with E-state index in [1.807, 2.05) is 12.1 Å². The van der Waals surface area contributed by atoms with E-state index in [2.05, 4.69) is 69.3 Å². The highest BCUT2D eigenvalue weighted by Crippen LogP contribution is 2.55. The van der Waals surface area contributed by atoms with Crippen LogP contribution in [0.4, 0.5) is 0 Å². The highest BCUT2D eigenvalue weighted by atomic mass is 16.3. The summed E-state index contributed by atoms with van der Waals surface area (Å²) in [4.78, 5) is 0. The molecule has 0 aliphatic heterocycles. The molecule has 3 aromatic carbocycles. The van der Waals surface area contributed by atoms with Gasteiger partial charge >= 0.3 is 0 Å². The van der Waals surface area contributed by atoms with Crippen molar-refractivity contribution in [2.24, 2.45) is 0 Å². The van der Waals surface area contributed by atoms with Gasteiger partial charge in [-0.25, -0.2) is 0 Å². The molecule has 0 saturated heterocycles.